The van der Waals surface area contributed by atoms with E-state index < -0.39 is 0 Å². The van der Waals surface area contributed by atoms with Gasteiger partial charge in [-0.1, -0.05) is 6.92 Å². The fourth-order valence-corrected chi connectivity index (χ4v) is 2.99. The topological polar surface area (TPSA) is 92.0 Å². The maximum Gasteiger partial charge on any atom is 0.251 e. The number of rotatable bonds is 8. The van der Waals surface area contributed by atoms with Gasteiger partial charge >= 0.3 is 0 Å². The molecule has 1 unspecified atom stereocenters. The third kappa shape index (κ3) is 5.94. The van der Waals surface area contributed by atoms with E-state index >= 15 is 0 Å². The highest BCUT2D eigenvalue weighted by molar-refractivity contribution is 5.94. The van der Waals surface area contributed by atoms with Gasteiger partial charge in [0.15, 0.2) is 5.96 Å². The Morgan fingerprint density at radius 3 is 2.72 bits per heavy atom. The van der Waals surface area contributed by atoms with E-state index in [2.05, 4.69) is 27.4 Å². The number of ether oxygens (including phenoxy) is 1. The first-order chi connectivity index (χ1) is 12.1. The minimum atomic E-state index is -0.121. The molecule has 0 radical (unpaired) electrons. The van der Waals surface area contributed by atoms with Crippen LogP contribution < -0.4 is 21.1 Å². The SMILES string of the molecule is CCN1CCCC1CN=C(N)NCCNC(=O)c1ccc(OC)cc1. The lowest BCUT2D eigenvalue weighted by atomic mass is 10.2. The number of likely N-dealkylation sites (tertiary alicyclic amines) is 1. The molecule has 7 heteroatoms. The first kappa shape index (κ1) is 19.1. The summed E-state index contributed by atoms with van der Waals surface area (Å²) in [5.74, 6) is 1.04. The first-order valence-electron chi connectivity index (χ1n) is 8.84. The molecule has 1 heterocycles. The second-order valence-corrected chi connectivity index (χ2v) is 6.06. The van der Waals surface area contributed by atoms with Crippen LogP contribution in [0.5, 0.6) is 5.75 Å². The van der Waals surface area contributed by atoms with E-state index in [-0.39, 0.29) is 5.91 Å². The Labute approximate surface area is 149 Å². The zero-order valence-electron chi connectivity index (χ0n) is 15.1. The molecule has 1 fully saturated rings. The number of benzene rings is 1. The van der Waals surface area contributed by atoms with Crippen molar-refractivity contribution in [1.29, 1.82) is 0 Å². The van der Waals surface area contributed by atoms with Crippen molar-refractivity contribution >= 4 is 11.9 Å². The highest BCUT2D eigenvalue weighted by Crippen LogP contribution is 2.16. The van der Waals surface area contributed by atoms with Gasteiger partial charge < -0.3 is 21.1 Å². The molecule has 1 saturated heterocycles. The molecule has 1 atom stereocenters. The largest absolute Gasteiger partial charge is 0.497 e. The fraction of sp³-hybridized carbons (Fsp3) is 0.556. The summed E-state index contributed by atoms with van der Waals surface area (Å²) in [4.78, 5) is 18.9. The molecule has 1 amide bonds. The molecule has 0 spiro atoms. The van der Waals surface area contributed by atoms with Gasteiger partial charge in [0.05, 0.1) is 13.7 Å². The standard InChI is InChI=1S/C18H29N5O2/c1-3-23-12-4-5-15(23)13-22-18(19)21-11-10-20-17(24)14-6-8-16(25-2)9-7-14/h6-9,15H,3-5,10-13H2,1-2H3,(H,20,24)(H3,19,21,22). The molecule has 25 heavy (non-hydrogen) atoms. The first-order valence-corrected chi connectivity index (χ1v) is 8.84. The summed E-state index contributed by atoms with van der Waals surface area (Å²) in [7, 11) is 1.60. The maximum absolute atomic E-state index is 12.0. The number of amides is 1. The molecule has 1 aliphatic heterocycles. The van der Waals surface area contributed by atoms with Crippen molar-refractivity contribution in [2.24, 2.45) is 10.7 Å². The summed E-state index contributed by atoms with van der Waals surface area (Å²) in [5, 5.41) is 5.88. The normalized spacial score (nSPS) is 18.2. The molecule has 0 saturated carbocycles. The minimum Gasteiger partial charge on any atom is -0.497 e. The predicted molar refractivity (Wildman–Crippen MR) is 100 cm³/mol. The van der Waals surface area contributed by atoms with Gasteiger partial charge in [-0.3, -0.25) is 14.7 Å². The number of nitrogens with two attached hydrogens (primary N) is 1. The predicted octanol–water partition coefficient (Wildman–Crippen LogP) is 0.814. The molecule has 0 aromatic heterocycles. The number of nitrogens with one attached hydrogen (secondary N) is 2. The van der Waals surface area contributed by atoms with E-state index in [1.165, 1.54) is 12.8 Å². The van der Waals surface area contributed by atoms with E-state index in [1.807, 2.05) is 0 Å². The van der Waals surface area contributed by atoms with Crippen molar-refractivity contribution < 1.29 is 9.53 Å². The lowest BCUT2D eigenvalue weighted by Crippen LogP contribution is -2.39. The molecule has 2 rings (SSSR count). The quantitative estimate of drug-likeness (QED) is 0.368. The monoisotopic (exact) mass is 347 g/mol. The number of carbonyl (C=O) groups is 1. The highest BCUT2D eigenvalue weighted by atomic mass is 16.5. The number of carbonyl (C=O) groups excluding carboxylic acids is 1. The Bertz CT molecular complexity index is 573. The Balaban J connectivity index is 1.65. The summed E-state index contributed by atoms with van der Waals surface area (Å²) in [6.45, 7) is 6.14. The lowest BCUT2D eigenvalue weighted by Gasteiger charge is -2.20. The Morgan fingerprint density at radius 2 is 2.04 bits per heavy atom. The third-order valence-corrected chi connectivity index (χ3v) is 4.45. The van der Waals surface area contributed by atoms with Gasteiger partial charge in [0.2, 0.25) is 0 Å². The number of hydrogen-bond acceptors (Lipinski definition) is 4. The Morgan fingerprint density at radius 1 is 1.32 bits per heavy atom. The average molecular weight is 347 g/mol. The summed E-state index contributed by atoms with van der Waals surface area (Å²) < 4.78 is 5.08. The van der Waals surface area contributed by atoms with E-state index in [0.717, 1.165) is 25.4 Å². The number of nitrogens with zero attached hydrogens (tertiary/aromatic N) is 2. The third-order valence-electron chi connectivity index (χ3n) is 4.45. The second kappa shape index (κ2) is 9.88. The summed E-state index contributed by atoms with van der Waals surface area (Å²) >= 11 is 0. The van der Waals surface area contributed by atoms with Crippen molar-refractivity contribution in [3.63, 3.8) is 0 Å². The molecular weight excluding hydrogens is 318 g/mol. The van der Waals surface area contributed by atoms with Gasteiger partial charge in [0.1, 0.15) is 5.75 Å². The second-order valence-electron chi connectivity index (χ2n) is 6.06. The number of hydrogen-bond donors (Lipinski definition) is 3. The molecule has 0 bridgehead atoms. The summed E-state index contributed by atoms with van der Waals surface area (Å²) in [6.07, 6.45) is 2.42. The van der Waals surface area contributed by atoms with Crippen LogP contribution >= 0.6 is 0 Å². The molecule has 138 valence electrons. The fourth-order valence-electron chi connectivity index (χ4n) is 2.99. The van der Waals surface area contributed by atoms with Gasteiger partial charge in [-0.25, -0.2) is 0 Å². The van der Waals surface area contributed by atoms with E-state index in [4.69, 9.17) is 10.5 Å². The van der Waals surface area contributed by atoms with Crippen molar-refractivity contribution in [1.82, 2.24) is 15.5 Å². The smallest absolute Gasteiger partial charge is 0.251 e. The Kier molecular flexibility index (Phi) is 7.53. The van der Waals surface area contributed by atoms with Crippen molar-refractivity contribution in [2.45, 2.75) is 25.8 Å². The van der Waals surface area contributed by atoms with Crippen LogP contribution in [-0.4, -0.2) is 62.6 Å². The van der Waals surface area contributed by atoms with Gasteiger partial charge in [-0.05, 0) is 50.2 Å². The van der Waals surface area contributed by atoms with Crippen molar-refractivity contribution in [3.8, 4) is 5.75 Å². The van der Waals surface area contributed by atoms with Crippen LogP contribution in [0.3, 0.4) is 0 Å². The molecule has 7 nitrogen and oxygen atoms in total. The van der Waals surface area contributed by atoms with Crippen LogP contribution in [0.1, 0.15) is 30.1 Å². The van der Waals surface area contributed by atoms with E-state index in [0.29, 0.717) is 30.7 Å². The minimum absolute atomic E-state index is 0.121. The average Bonchev–Trinajstić information content (AvgIpc) is 3.11. The molecule has 1 aromatic rings. The zero-order chi connectivity index (χ0) is 18.1. The van der Waals surface area contributed by atoms with Crippen LogP contribution in [0.25, 0.3) is 0 Å². The van der Waals surface area contributed by atoms with Crippen LogP contribution in [0.15, 0.2) is 29.3 Å². The van der Waals surface area contributed by atoms with Crippen LogP contribution in [0.2, 0.25) is 0 Å². The van der Waals surface area contributed by atoms with E-state index in [1.54, 1.807) is 31.4 Å². The summed E-state index contributed by atoms with van der Waals surface area (Å²) in [6, 6.07) is 7.50. The molecule has 1 aromatic carbocycles. The molecule has 4 N–H and O–H groups in total. The highest BCUT2D eigenvalue weighted by Gasteiger charge is 2.22. The number of methoxy groups -OCH3 is 1. The number of guanidine groups is 1. The zero-order valence-corrected chi connectivity index (χ0v) is 15.1. The maximum atomic E-state index is 12.0. The van der Waals surface area contributed by atoms with Crippen molar-refractivity contribution in [3.05, 3.63) is 29.8 Å². The van der Waals surface area contributed by atoms with Gasteiger partial charge in [0, 0.05) is 24.7 Å². The Hall–Kier alpha value is -2.28. The number of likely N-dealkylation sites (N-methyl/N-ethyl adjacent to an activating group) is 1. The molecular formula is C18H29N5O2. The van der Waals surface area contributed by atoms with Crippen molar-refractivity contribution in [2.75, 3.05) is 39.8 Å². The summed E-state index contributed by atoms with van der Waals surface area (Å²) in [5.41, 5.74) is 6.49. The van der Waals surface area contributed by atoms with Crippen LogP contribution in [0.4, 0.5) is 0 Å². The van der Waals surface area contributed by atoms with Crippen LogP contribution in [-0.2, 0) is 0 Å². The molecule has 0 aliphatic carbocycles. The lowest BCUT2D eigenvalue weighted by molar-refractivity contribution is 0.0954. The molecule has 1 aliphatic rings. The van der Waals surface area contributed by atoms with Gasteiger partial charge in [0.25, 0.3) is 5.91 Å². The van der Waals surface area contributed by atoms with Gasteiger partial charge in [-0.2, -0.15) is 0 Å². The van der Waals surface area contributed by atoms with Gasteiger partial charge in [-0.15, -0.1) is 0 Å². The van der Waals surface area contributed by atoms with E-state index in [9.17, 15) is 4.79 Å². The van der Waals surface area contributed by atoms with Crippen LogP contribution in [0, 0.1) is 0 Å². The number of aliphatic imine (C=N–C) groups is 1.